The highest BCUT2D eigenvalue weighted by atomic mass is 19.2. The summed E-state index contributed by atoms with van der Waals surface area (Å²) >= 11 is 0. The van der Waals surface area contributed by atoms with Crippen molar-refractivity contribution in [1.29, 1.82) is 0 Å². The standard InChI is InChI=1S/C23H26F2N4O2/c24-18-6-2-5-15(20(18)25)11-28-9-7-16(12-28)21-26-19-13-29(23(31)14-3-1-4-14)10-8-17(19)22(30)27-21/h2,5-6,14,16H,1,3-4,7-13H2,(H,26,27,30). The molecule has 1 N–H and O–H groups in total. The van der Waals surface area contributed by atoms with Gasteiger partial charge in [0, 0.05) is 42.6 Å². The zero-order chi connectivity index (χ0) is 21.5. The molecular weight excluding hydrogens is 402 g/mol. The van der Waals surface area contributed by atoms with Crippen LogP contribution in [-0.2, 0) is 24.3 Å². The molecule has 1 aliphatic carbocycles. The highest BCUT2D eigenvalue weighted by molar-refractivity contribution is 5.79. The molecule has 1 atom stereocenters. The molecule has 0 spiro atoms. The van der Waals surface area contributed by atoms with Crippen LogP contribution in [0.5, 0.6) is 0 Å². The average molecular weight is 428 g/mol. The Morgan fingerprint density at radius 2 is 2.03 bits per heavy atom. The first-order valence-corrected chi connectivity index (χ1v) is 11.1. The maximum atomic E-state index is 14.0. The Kier molecular flexibility index (Phi) is 5.33. The lowest BCUT2D eigenvalue weighted by atomic mass is 9.84. The highest BCUT2D eigenvalue weighted by Crippen LogP contribution is 2.31. The largest absolute Gasteiger partial charge is 0.336 e. The number of nitrogens with zero attached hydrogens (tertiary/aromatic N) is 3. The number of carbonyl (C=O) groups excluding carboxylic acids is 1. The van der Waals surface area contributed by atoms with Gasteiger partial charge in [-0.05, 0) is 38.3 Å². The molecule has 31 heavy (non-hydrogen) atoms. The third-order valence-electron chi connectivity index (χ3n) is 6.94. The summed E-state index contributed by atoms with van der Waals surface area (Å²) in [7, 11) is 0. The summed E-state index contributed by atoms with van der Waals surface area (Å²) in [6.07, 6.45) is 4.34. The number of hydrogen-bond donors (Lipinski definition) is 1. The number of carbonyl (C=O) groups is 1. The van der Waals surface area contributed by atoms with Crippen LogP contribution in [0.2, 0.25) is 0 Å². The lowest BCUT2D eigenvalue weighted by molar-refractivity contribution is -0.139. The van der Waals surface area contributed by atoms with Crippen molar-refractivity contribution >= 4 is 5.91 Å². The van der Waals surface area contributed by atoms with Crippen LogP contribution in [0, 0.1) is 17.6 Å². The number of aromatic nitrogens is 2. The molecule has 2 aromatic rings. The van der Waals surface area contributed by atoms with E-state index >= 15 is 0 Å². The van der Waals surface area contributed by atoms with Crippen LogP contribution in [0.3, 0.4) is 0 Å². The summed E-state index contributed by atoms with van der Waals surface area (Å²) in [5.41, 5.74) is 1.59. The van der Waals surface area contributed by atoms with Crippen LogP contribution in [0.25, 0.3) is 0 Å². The fourth-order valence-electron chi connectivity index (χ4n) is 4.86. The van der Waals surface area contributed by atoms with Crippen molar-refractivity contribution in [2.45, 2.75) is 51.1 Å². The summed E-state index contributed by atoms with van der Waals surface area (Å²) < 4.78 is 27.5. The Morgan fingerprint density at radius 1 is 1.19 bits per heavy atom. The van der Waals surface area contributed by atoms with Gasteiger partial charge in [0.25, 0.3) is 5.56 Å². The summed E-state index contributed by atoms with van der Waals surface area (Å²) in [4.78, 5) is 36.9. The van der Waals surface area contributed by atoms with Gasteiger partial charge in [0.15, 0.2) is 11.6 Å². The van der Waals surface area contributed by atoms with E-state index in [-0.39, 0.29) is 23.3 Å². The van der Waals surface area contributed by atoms with Crippen molar-refractivity contribution in [2.24, 2.45) is 5.92 Å². The topological polar surface area (TPSA) is 69.3 Å². The van der Waals surface area contributed by atoms with E-state index in [0.717, 1.165) is 31.7 Å². The monoisotopic (exact) mass is 428 g/mol. The van der Waals surface area contributed by atoms with Gasteiger partial charge in [-0.25, -0.2) is 13.8 Å². The molecular formula is C23H26F2N4O2. The minimum Gasteiger partial charge on any atom is -0.336 e. The molecule has 8 heteroatoms. The quantitative estimate of drug-likeness (QED) is 0.813. The highest BCUT2D eigenvalue weighted by Gasteiger charge is 2.33. The van der Waals surface area contributed by atoms with Crippen LogP contribution in [0.1, 0.15) is 54.2 Å². The number of hydrogen-bond acceptors (Lipinski definition) is 4. The van der Waals surface area contributed by atoms with E-state index in [4.69, 9.17) is 4.98 Å². The van der Waals surface area contributed by atoms with Crippen molar-refractivity contribution in [3.8, 4) is 0 Å². The summed E-state index contributed by atoms with van der Waals surface area (Å²) in [5.74, 6) is -0.673. The van der Waals surface area contributed by atoms with Crippen LogP contribution < -0.4 is 5.56 Å². The number of amides is 1. The molecule has 3 heterocycles. The van der Waals surface area contributed by atoms with Crippen molar-refractivity contribution in [2.75, 3.05) is 19.6 Å². The van der Waals surface area contributed by atoms with Crippen molar-refractivity contribution < 1.29 is 13.6 Å². The molecule has 6 nitrogen and oxygen atoms in total. The zero-order valence-corrected chi connectivity index (χ0v) is 17.4. The molecule has 3 aliphatic rings. The molecule has 0 bridgehead atoms. The molecule has 1 saturated carbocycles. The molecule has 2 aliphatic heterocycles. The average Bonchev–Trinajstić information content (AvgIpc) is 3.18. The predicted octanol–water partition coefficient (Wildman–Crippen LogP) is 2.72. The Bertz CT molecular complexity index is 1070. The second-order valence-electron chi connectivity index (χ2n) is 8.95. The van der Waals surface area contributed by atoms with Gasteiger partial charge in [0.1, 0.15) is 5.82 Å². The van der Waals surface area contributed by atoms with E-state index in [2.05, 4.69) is 4.98 Å². The van der Waals surface area contributed by atoms with Gasteiger partial charge in [-0.1, -0.05) is 18.6 Å². The summed E-state index contributed by atoms with van der Waals surface area (Å²) in [5, 5.41) is 0. The molecule has 0 radical (unpaired) electrons. The lowest BCUT2D eigenvalue weighted by Crippen LogP contribution is -2.43. The Hall–Kier alpha value is -2.61. The first-order valence-electron chi connectivity index (χ1n) is 11.1. The van der Waals surface area contributed by atoms with Crippen molar-refractivity contribution in [3.63, 3.8) is 0 Å². The van der Waals surface area contributed by atoms with Crippen LogP contribution >= 0.6 is 0 Å². The van der Waals surface area contributed by atoms with Gasteiger partial charge in [-0.3, -0.25) is 14.5 Å². The van der Waals surface area contributed by atoms with Crippen LogP contribution in [-0.4, -0.2) is 45.3 Å². The lowest BCUT2D eigenvalue weighted by Gasteiger charge is -2.34. The fraction of sp³-hybridized carbons (Fsp3) is 0.522. The van der Waals surface area contributed by atoms with E-state index in [9.17, 15) is 18.4 Å². The van der Waals surface area contributed by atoms with Crippen LogP contribution in [0.4, 0.5) is 8.78 Å². The van der Waals surface area contributed by atoms with Gasteiger partial charge >= 0.3 is 0 Å². The summed E-state index contributed by atoms with van der Waals surface area (Å²) in [6.45, 7) is 2.62. The first-order chi connectivity index (χ1) is 15.0. The van der Waals surface area contributed by atoms with Gasteiger partial charge in [-0.15, -0.1) is 0 Å². The van der Waals surface area contributed by atoms with Crippen LogP contribution in [0.15, 0.2) is 23.0 Å². The van der Waals surface area contributed by atoms with Crippen molar-refractivity contribution in [1.82, 2.24) is 19.8 Å². The van der Waals surface area contributed by atoms with E-state index in [1.165, 1.54) is 6.07 Å². The number of nitrogens with one attached hydrogen (secondary N) is 1. The van der Waals surface area contributed by atoms with E-state index in [1.807, 2.05) is 9.80 Å². The first kappa shape index (κ1) is 20.3. The minimum absolute atomic E-state index is 0.0207. The second-order valence-corrected chi connectivity index (χ2v) is 8.95. The molecule has 2 fully saturated rings. The number of fused-ring (bicyclic) bond motifs is 1. The zero-order valence-electron chi connectivity index (χ0n) is 17.4. The Balaban J connectivity index is 1.30. The minimum atomic E-state index is -0.838. The fourth-order valence-corrected chi connectivity index (χ4v) is 4.86. The molecule has 1 aromatic carbocycles. The maximum Gasteiger partial charge on any atom is 0.254 e. The molecule has 5 rings (SSSR count). The number of aromatic amines is 1. The van der Waals surface area contributed by atoms with Gasteiger partial charge < -0.3 is 9.88 Å². The van der Waals surface area contributed by atoms with Gasteiger partial charge in [-0.2, -0.15) is 0 Å². The van der Waals surface area contributed by atoms with Gasteiger partial charge in [0.05, 0.1) is 12.2 Å². The molecule has 1 aromatic heterocycles. The number of likely N-dealkylation sites (tertiary alicyclic amines) is 1. The third kappa shape index (κ3) is 3.89. The third-order valence-corrected chi connectivity index (χ3v) is 6.94. The van der Waals surface area contributed by atoms with Crippen molar-refractivity contribution in [3.05, 3.63) is 62.8 Å². The molecule has 1 saturated heterocycles. The molecule has 1 amide bonds. The normalized spacial score (nSPS) is 21.7. The number of rotatable bonds is 4. The predicted molar refractivity (Wildman–Crippen MR) is 110 cm³/mol. The number of benzene rings is 1. The molecule has 1 unspecified atom stereocenters. The number of halogens is 2. The number of H-pyrrole nitrogens is 1. The van der Waals surface area contributed by atoms with E-state index < -0.39 is 11.6 Å². The van der Waals surface area contributed by atoms with Gasteiger partial charge in [0.2, 0.25) is 5.91 Å². The van der Waals surface area contributed by atoms with E-state index in [0.29, 0.717) is 61.8 Å². The summed E-state index contributed by atoms with van der Waals surface area (Å²) in [6, 6.07) is 4.23. The SMILES string of the molecule is O=C(C1CCC1)N1CCc2c(nc(C3CCN(Cc4cccc(F)c4F)C3)[nH]c2=O)C1. The maximum absolute atomic E-state index is 14.0. The Labute approximate surface area is 179 Å². The van der Waals surface area contributed by atoms with E-state index in [1.54, 1.807) is 6.07 Å². The smallest absolute Gasteiger partial charge is 0.254 e. The Morgan fingerprint density at radius 3 is 2.81 bits per heavy atom. The second kappa shape index (κ2) is 8.15. The molecule has 164 valence electrons.